The molecule has 0 saturated carbocycles. The van der Waals surface area contributed by atoms with Gasteiger partial charge in [-0.3, -0.25) is 4.72 Å². The lowest BCUT2D eigenvalue weighted by Gasteiger charge is -2.17. The smallest absolute Gasteiger partial charge is 0.262 e. The highest BCUT2D eigenvalue weighted by Gasteiger charge is 2.22. The molecule has 0 aliphatic heterocycles. The van der Waals surface area contributed by atoms with Gasteiger partial charge in [0, 0.05) is 4.47 Å². The minimum Gasteiger partial charge on any atom is -0.278 e. The maximum atomic E-state index is 12.9. The van der Waals surface area contributed by atoms with Crippen molar-refractivity contribution in [2.75, 3.05) is 4.72 Å². The summed E-state index contributed by atoms with van der Waals surface area (Å²) in [7, 11) is -3.64. The van der Waals surface area contributed by atoms with Crippen molar-refractivity contribution in [3.05, 3.63) is 56.6 Å². The molecular weight excluding hydrogens is 362 g/mol. The second kappa shape index (κ2) is 6.05. The topological polar surface area (TPSA) is 46.2 Å². The zero-order chi connectivity index (χ0) is 16.7. The SMILES string of the molecule is Cc1ccc(NS(=O)(=O)c2c(C)c(C)cc(C)c2C)c(Br)c1. The predicted octanol–water partition coefficient (Wildman–Crippen LogP) is 4.79. The number of aryl methyl sites for hydroxylation is 3. The van der Waals surface area contributed by atoms with Crippen LogP contribution in [0.4, 0.5) is 5.69 Å². The fourth-order valence-electron chi connectivity index (χ4n) is 2.48. The second-order valence-electron chi connectivity index (χ2n) is 5.68. The molecule has 1 N–H and O–H groups in total. The van der Waals surface area contributed by atoms with Crippen LogP contribution in [0.3, 0.4) is 0 Å². The van der Waals surface area contributed by atoms with Gasteiger partial charge < -0.3 is 0 Å². The zero-order valence-corrected chi connectivity index (χ0v) is 15.8. The molecule has 3 nitrogen and oxygen atoms in total. The molecule has 0 fully saturated rings. The Hall–Kier alpha value is -1.33. The van der Waals surface area contributed by atoms with Gasteiger partial charge in [0.25, 0.3) is 10.0 Å². The summed E-state index contributed by atoms with van der Waals surface area (Å²) in [4.78, 5) is 0.373. The van der Waals surface area contributed by atoms with Gasteiger partial charge in [-0.05, 0) is 90.5 Å². The normalized spacial score (nSPS) is 11.5. The van der Waals surface area contributed by atoms with Gasteiger partial charge in [-0.25, -0.2) is 8.42 Å². The summed E-state index contributed by atoms with van der Waals surface area (Å²) in [6.07, 6.45) is 0. The van der Waals surface area contributed by atoms with Crippen LogP contribution in [-0.4, -0.2) is 8.42 Å². The molecule has 0 atom stereocenters. The van der Waals surface area contributed by atoms with E-state index < -0.39 is 10.0 Å². The van der Waals surface area contributed by atoms with Gasteiger partial charge >= 0.3 is 0 Å². The van der Waals surface area contributed by atoms with Gasteiger partial charge in [0.05, 0.1) is 10.6 Å². The number of anilines is 1. The molecule has 0 aliphatic carbocycles. The largest absolute Gasteiger partial charge is 0.278 e. The lowest BCUT2D eigenvalue weighted by Crippen LogP contribution is -2.17. The van der Waals surface area contributed by atoms with E-state index in [1.54, 1.807) is 6.07 Å². The maximum absolute atomic E-state index is 12.9. The van der Waals surface area contributed by atoms with E-state index in [1.165, 1.54) is 0 Å². The third-order valence-electron chi connectivity index (χ3n) is 3.93. The Morgan fingerprint density at radius 1 is 0.909 bits per heavy atom. The average molecular weight is 382 g/mol. The molecule has 0 aliphatic rings. The molecule has 118 valence electrons. The third kappa shape index (κ3) is 3.20. The number of hydrogen-bond donors (Lipinski definition) is 1. The van der Waals surface area contributed by atoms with E-state index in [4.69, 9.17) is 0 Å². The Labute approximate surface area is 140 Å². The summed E-state index contributed by atoms with van der Waals surface area (Å²) < 4.78 is 29.1. The molecule has 0 unspecified atom stereocenters. The van der Waals surface area contributed by atoms with Gasteiger partial charge in [-0.2, -0.15) is 0 Å². The van der Waals surface area contributed by atoms with Gasteiger partial charge in [0.15, 0.2) is 0 Å². The molecule has 0 heterocycles. The summed E-state index contributed by atoms with van der Waals surface area (Å²) in [6, 6.07) is 7.55. The van der Waals surface area contributed by atoms with Crippen LogP contribution in [0.25, 0.3) is 0 Å². The number of rotatable bonds is 3. The van der Waals surface area contributed by atoms with Crippen molar-refractivity contribution in [2.24, 2.45) is 0 Å². The van der Waals surface area contributed by atoms with Crippen LogP contribution >= 0.6 is 15.9 Å². The second-order valence-corrected chi connectivity index (χ2v) is 8.15. The number of halogens is 1. The van der Waals surface area contributed by atoms with Crippen LogP contribution < -0.4 is 4.72 Å². The molecule has 0 radical (unpaired) electrons. The Morgan fingerprint density at radius 2 is 1.45 bits per heavy atom. The first-order valence-electron chi connectivity index (χ1n) is 7.00. The van der Waals surface area contributed by atoms with E-state index in [-0.39, 0.29) is 0 Å². The summed E-state index contributed by atoms with van der Waals surface area (Å²) in [5.74, 6) is 0. The molecule has 5 heteroatoms. The first-order valence-corrected chi connectivity index (χ1v) is 9.27. The van der Waals surface area contributed by atoms with Crippen LogP contribution in [0.15, 0.2) is 33.6 Å². The highest BCUT2D eigenvalue weighted by atomic mass is 79.9. The van der Waals surface area contributed by atoms with Gasteiger partial charge in [0.1, 0.15) is 0 Å². The molecule has 22 heavy (non-hydrogen) atoms. The Kier molecular flexibility index (Phi) is 4.68. The van der Waals surface area contributed by atoms with Crippen molar-refractivity contribution >= 4 is 31.6 Å². The quantitative estimate of drug-likeness (QED) is 0.830. The fraction of sp³-hybridized carbons (Fsp3) is 0.294. The van der Waals surface area contributed by atoms with Crippen molar-refractivity contribution < 1.29 is 8.42 Å². The van der Waals surface area contributed by atoms with Crippen LogP contribution in [0, 0.1) is 34.6 Å². The zero-order valence-electron chi connectivity index (χ0n) is 13.4. The van der Waals surface area contributed by atoms with Gasteiger partial charge in [-0.1, -0.05) is 12.1 Å². The van der Waals surface area contributed by atoms with E-state index >= 15 is 0 Å². The Morgan fingerprint density at radius 3 is 1.95 bits per heavy atom. The number of benzene rings is 2. The highest BCUT2D eigenvalue weighted by molar-refractivity contribution is 9.10. The average Bonchev–Trinajstić information content (AvgIpc) is 2.40. The van der Waals surface area contributed by atoms with Gasteiger partial charge in [0.2, 0.25) is 0 Å². The van der Waals surface area contributed by atoms with Crippen molar-refractivity contribution in [1.29, 1.82) is 0 Å². The van der Waals surface area contributed by atoms with E-state index in [0.29, 0.717) is 10.6 Å². The van der Waals surface area contributed by atoms with E-state index in [2.05, 4.69) is 20.7 Å². The monoisotopic (exact) mass is 381 g/mol. The molecule has 0 saturated heterocycles. The lowest BCUT2D eigenvalue weighted by atomic mass is 10.0. The number of sulfonamides is 1. The summed E-state index contributed by atoms with van der Waals surface area (Å²) in [5, 5.41) is 0. The summed E-state index contributed by atoms with van der Waals surface area (Å²) in [5.41, 5.74) is 5.15. The standard InChI is InChI=1S/C17H20BrNO2S/c1-10-6-7-16(15(18)8-10)19-22(20,21)17-13(4)11(2)9-12(3)14(17)5/h6-9,19H,1-5H3. The molecule has 0 aromatic heterocycles. The van der Waals surface area contributed by atoms with Gasteiger partial charge in [-0.15, -0.1) is 0 Å². The molecule has 2 aromatic rings. The molecular formula is C17H20BrNO2S. The number of hydrogen-bond acceptors (Lipinski definition) is 2. The van der Waals surface area contributed by atoms with Crippen molar-refractivity contribution in [3.63, 3.8) is 0 Å². The predicted molar refractivity (Wildman–Crippen MR) is 95.1 cm³/mol. The van der Waals surface area contributed by atoms with E-state index in [0.717, 1.165) is 32.3 Å². The molecule has 2 aromatic carbocycles. The van der Waals surface area contributed by atoms with E-state index in [1.807, 2.05) is 52.8 Å². The van der Waals surface area contributed by atoms with Crippen LogP contribution in [-0.2, 0) is 10.0 Å². The van der Waals surface area contributed by atoms with Crippen molar-refractivity contribution in [1.82, 2.24) is 0 Å². The Balaban J connectivity index is 2.57. The van der Waals surface area contributed by atoms with Crippen molar-refractivity contribution in [3.8, 4) is 0 Å². The first kappa shape index (κ1) is 17.0. The third-order valence-corrected chi connectivity index (χ3v) is 6.23. The summed E-state index contributed by atoms with van der Waals surface area (Å²) in [6.45, 7) is 9.52. The molecule has 0 spiro atoms. The fourth-order valence-corrected chi connectivity index (χ4v) is 4.90. The van der Waals surface area contributed by atoms with Crippen LogP contribution in [0.5, 0.6) is 0 Å². The van der Waals surface area contributed by atoms with Crippen molar-refractivity contribution in [2.45, 2.75) is 39.5 Å². The first-order chi connectivity index (χ1) is 10.1. The summed E-state index contributed by atoms with van der Waals surface area (Å²) >= 11 is 3.41. The van der Waals surface area contributed by atoms with E-state index in [9.17, 15) is 8.42 Å². The Bertz CT molecular complexity index is 816. The van der Waals surface area contributed by atoms with Crippen LogP contribution in [0.2, 0.25) is 0 Å². The maximum Gasteiger partial charge on any atom is 0.262 e. The molecule has 0 amide bonds. The minimum atomic E-state index is -3.64. The minimum absolute atomic E-state index is 0.373. The van der Waals surface area contributed by atoms with Crippen LogP contribution in [0.1, 0.15) is 27.8 Å². The number of nitrogens with one attached hydrogen (secondary N) is 1. The highest BCUT2D eigenvalue weighted by Crippen LogP contribution is 2.30. The molecule has 2 rings (SSSR count). The molecule has 0 bridgehead atoms. The lowest BCUT2D eigenvalue weighted by molar-refractivity contribution is 0.599.